The first-order chi connectivity index (χ1) is 9.58. The Morgan fingerprint density at radius 1 is 1.30 bits per heavy atom. The molecule has 0 spiro atoms. The monoisotopic (exact) mass is 267 g/mol. The van der Waals surface area contributed by atoms with Crippen molar-refractivity contribution in [1.82, 2.24) is 0 Å². The number of hydrogen-bond donors (Lipinski definition) is 1. The van der Waals surface area contributed by atoms with Gasteiger partial charge in [0, 0.05) is 5.39 Å². The molecule has 2 rings (SSSR count). The van der Waals surface area contributed by atoms with Crippen LogP contribution >= 0.6 is 0 Å². The van der Waals surface area contributed by atoms with Crippen molar-refractivity contribution in [2.45, 2.75) is 6.92 Å². The van der Waals surface area contributed by atoms with Crippen molar-refractivity contribution in [3.8, 4) is 12.1 Å². The van der Waals surface area contributed by atoms with E-state index in [-0.39, 0.29) is 11.4 Å². The fraction of sp³-hybridized carbons (Fsp3) is 0.143. The number of nitrogens with one attached hydrogen (secondary N) is 1. The molecule has 0 fully saturated rings. The van der Waals surface area contributed by atoms with Crippen molar-refractivity contribution in [2.24, 2.45) is 5.92 Å². The molecule has 6 heteroatoms. The molecule has 0 saturated carbocycles. The smallest absolute Gasteiger partial charge is 0.249 e. The van der Waals surface area contributed by atoms with Gasteiger partial charge in [-0.15, -0.1) is 0 Å². The number of carbonyl (C=O) groups is 2. The quantitative estimate of drug-likeness (QED) is 0.855. The van der Waals surface area contributed by atoms with Crippen LogP contribution in [0.3, 0.4) is 0 Å². The van der Waals surface area contributed by atoms with Gasteiger partial charge in [0.2, 0.25) is 11.7 Å². The van der Waals surface area contributed by atoms with E-state index in [2.05, 4.69) is 5.32 Å². The number of ketones is 1. The molecule has 1 heterocycles. The summed E-state index contributed by atoms with van der Waals surface area (Å²) < 4.78 is 5.28. The number of anilines is 1. The summed E-state index contributed by atoms with van der Waals surface area (Å²) in [6.45, 7) is 1.16. The Kier molecular flexibility index (Phi) is 3.49. The standard InChI is InChI=1S/C14H9N3O3/c1-8(18)10(6-15)14(19)17-13-9-4-2-3-5-11(9)20-12(13)7-16/h2-5,10H,1H3,(H,17,19). The normalized spacial score (nSPS) is 11.3. The predicted molar refractivity (Wildman–Crippen MR) is 69.3 cm³/mol. The molecule has 1 atom stereocenters. The first-order valence-electron chi connectivity index (χ1n) is 5.71. The maximum absolute atomic E-state index is 11.9. The maximum Gasteiger partial charge on any atom is 0.249 e. The molecule has 0 radical (unpaired) electrons. The van der Waals surface area contributed by atoms with E-state index in [1.54, 1.807) is 30.3 Å². The van der Waals surface area contributed by atoms with Gasteiger partial charge in [0.25, 0.3) is 0 Å². The molecular weight excluding hydrogens is 258 g/mol. The minimum absolute atomic E-state index is 0.0696. The van der Waals surface area contributed by atoms with Gasteiger partial charge in [-0.1, -0.05) is 12.1 Å². The number of nitrogens with zero attached hydrogens (tertiary/aromatic N) is 2. The molecule has 1 aromatic carbocycles. The van der Waals surface area contributed by atoms with Gasteiger partial charge in [-0.25, -0.2) is 0 Å². The van der Waals surface area contributed by atoms with Crippen molar-refractivity contribution in [3.63, 3.8) is 0 Å². The summed E-state index contributed by atoms with van der Waals surface area (Å²) in [7, 11) is 0. The molecule has 2 aromatic rings. The SMILES string of the molecule is CC(=O)C(C#N)C(=O)Nc1c(C#N)oc2ccccc12. The van der Waals surface area contributed by atoms with Crippen molar-refractivity contribution >= 4 is 28.3 Å². The minimum atomic E-state index is -1.41. The number of furan rings is 1. The Labute approximate surface area is 114 Å². The van der Waals surface area contributed by atoms with E-state index in [1.807, 2.05) is 6.07 Å². The van der Waals surface area contributed by atoms with Crippen LogP contribution in [0, 0.1) is 28.6 Å². The lowest BCUT2D eigenvalue weighted by molar-refractivity contribution is -0.127. The Morgan fingerprint density at radius 2 is 2.00 bits per heavy atom. The highest BCUT2D eigenvalue weighted by Gasteiger charge is 2.25. The van der Waals surface area contributed by atoms with Crippen LogP contribution in [0.1, 0.15) is 12.7 Å². The average molecular weight is 267 g/mol. The van der Waals surface area contributed by atoms with E-state index in [0.717, 1.165) is 6.92 Å². The fourth-order valence-corrected chi connectivity index (χ4v) is 1.78. The lowest BCUT2D eigenvalue weighted by Crippen LogP contribution is -2.27. The molecule has 1 N–H and O–H groups in total. The Balaban J connectivity index is 2.44. The largest absolute Gasteiger partial charge is 0.443 e. The van der Waals surface area contributed by atoms with Crippen molar-refractivity contribution in [1.29, 1.82) is 10.5 Å². The second-order valence-electron chi connectivity index (χ2n) is 4.08. The Bertz CT molecular complexity index is 777. The third-order valence-electron chi connectivity index (χ3n) is 2.74. The molecule has 1 amide bonds. The number of carbonyl (C=O) groups excluding carboxylic acids is 2. The first kappa shape index (κ1) is 13.3. The third kappa shape index (κ3) is 2.23. The molecule has 1 unspecified atom stereocenters. The Hall–Kier alpha value is -3.12. The maximum atomic E-state index is 11.9. The van der Waals surface area contributed by atoms with Gasteiger partial charge in [0.15, 0.2) is 11.7 Å². The topological polar surface area (TPSA) is 107 Å². The van der Waals surface area contributed by atoms with Gasteiger partial charge in [-0.05, 0) is 19.1 Å². The molecule has 0 aliphatic heterocycles. The third-order valence-corrected chi connectivity index (χ3v) is 2.74. The zero-order chi connectivity index (χ0) is 14.7. The Morgan fingerprint density at radius 3 is 2.60 bits per heavy atom. The summed E-state index contributed by atoms with van der Waals surface area (Å²) in [4.78, 5) is 23.1. The number of fused-ring (bicyclic) bond motifs is 1. The lowest BCUT2D eigenvalue weighted by atomic mass is 10.1. The van der Waals surface area contributed by atoms with E-state index in [9.17, 15) is 9.59 Å². The van der Waals surface area contributed by atoms with E-state index in [1.165, 1.54) is 0 Å². The van der Waals surface area contributed by atoms with Gasteiger partial charge in [-0.3, -0.25) is 9.59 Å². The van der Waals surface area contributed by atoms with E-state index < -0.39 is 17.6 Å². The molecule has 20 heavy (non-hydrogen) atoms. The molecule has 0 saturated heterocycles. The van der Waals surface area contributed by atoms with Crippen molar-refractivity contribution in [3.05, 3.63) is 30.0 Å². The number of benzene rings is 1. The van der Waals surface area contributed by atoms with Crippen LogP contribution in [-0.4, -0.2) is 11.7 Å². The zero-order valence-corrected chi connectivity index (χ0v) is 10.5. The second kappa shape index (κ2) is 5.25. The fourth-order valence-electron chi connectivity index (χ4n) is 1.78. The van der Waals surface area contributed by atoms with Crippen molar-refractivity contribution in [2.75, 3.05) is 5.32 Å². The summed E-state index contributed by atoms with van der Waals surface area (Å²) in [5, 5.41) is 20.8. The first-order valence-corrected chi connectivity index (χ1v) is 5.71. The average Bonchev–Trinajstić information content (AvgIpc) is 2.77. The second-order valence-corrected chi connectivity index (χ2v) is 4.08. The predicted octanol–water partition coefficient (Wildman–Crippen LogP) is 1.97. The van der Waals surface area contributed by atoms with Crippen LogP contribution in [0.25, 0.3) is 11.0 Å². The summed E-state index contributed by atoms with van der Waals surface area (Å²) in [5.74, 6) is -2.81. The molecule has 0 aliphatic carbocycles. The van der Waals surface area contributed by atoms with Gasteiger partial charge < -0.3 is 9.73 Å². The number of nitriles is 2. The van der Waals surface area contributed by atoms with Crippen LogP contribution in [-0.2, 0) is 9.59 Å². The molecule has 98 valence electrons. The summed E-state index contributed by atoms with van der Waals surface area (Å²) in [6, 6.07) is 10.2. The molecule has 6 nitrogen and oxygen atoms in total. The summed E-state index contributed by atoms with van der Waals surface area (Å²) >= 11 is 0. The van der Waals surface area contributed by atoms with Gasteiger partial charge >= 0.3 is 0 Å². The van der Waals surface area contributed by atoms with Crippen molar-refractivity contribution < 1.29 is 14.0 Å². The highest BCUT2D eigenvalue weighted by atomic mass is 16.3. The number of Topliss-reactive ketones (excluding diaryl/α,β-unsaturated/α-hetero) is 1. The summed E-state index contributed by atoms with van der Waals surface area (Å²) in [5.41, 5.74) is 0.616. The van der Waals surface area contributed by atoms with Crippen LogP contribution in [0.2, 0.25) is 0 Å². The van der Waals surface area contributed by atoms with Gasteiger partial charge in [-0.2, -0.15) is 10.5 Å². The minimum Gasteiger partial charge on any atom is -0.443 e. The molecular formula is C14H9N3O3. The number of para-hydroxylation sites is 1. The van der Waals surface area contributed by atoms with E-state index in [4.69, 9.17) is 14.9 Å². The van der Waals surface area contributed by atoms with Gasteiger partial charge in [0.1, 0.15) is 17.3 Å². The van der Waals surface area contributed by atoms with Crippen LogP contribution in [0.5, 0.6) is 0 Å². The number of hydrogen-bond acceptors (Lipinski definition) is 5. The molecule has 0 aliphatic rings. The highest BCUT2D eigenvalue weighted by Crippen LogP contribution is 2.30. The number of amides is 1. The van der Waals surface area contributed by atoms with Crippen LogP contribution in [0.15, 0.2) is 28.7 Å². The van der Waals surface area contributed by atoms with Gasteiger partial charge in [0.05, 0.1) is 6.07 Å². The molecule has 1 aromatic heterocycles. The summed E-state index contributed by atoms with van der Waals surface area (Å²) in [6.07, 6.45) is 0. The lowest BCUT2D eigenvalue weighted by Gasteiger charge is -2.06. The zero-order valence-electron chi connectivity index (χ0n) is 10.5. The molecule has 0 bridgehead atoms. The van der Waals surface area contributed by atoms with E-state index in [0.29, 0.717) is 11.0 Å². The highest BCUT2D eigenvalue weighted by molar-refractivity contribution is 6.11. The van der Waals surface area contributed by atoms with E-state index >= 15 is 0 Å². The number of rotatable bonds is 3. The van der Waals surface area contributed by atoms with Crippen LogP contribution in [0.4, 0.5) is 5.69 Å². The van der Waals surface area contributed by atoms with Crippen LogP contribution < -0.4 is 5.32 Å².